The van der Waals surface area contributed by atoms with Gasteiger partial charge in [0.05, 0.1) is 6.61 Å². The molecule has 1 aliphatic heterocycles. The van der Waals surface area contributed by atoms with Gasteiger partial charge in [-0.2, -0.15) is 0 Å². The van der Waals surface area contributed by atoms with Crippen LogP contribution in [0, 0.1) is 11.8 Å². The zero-order valence-electron chi connectivity index (χ0n) is 13.9. The maximum Gasteiger partial charge on any atom is 0.260 e. The van der Waals surface area contributed by atoms with Crippen LogP contribution < -0.4 is 9.47 Å². The highest BCUT2D eigenvalue weighted by Gasteiger charge is 2.25. The van der Waals surface area contributed by atoms with Crippen molar-refractivity contribution in [3.63, 3.8) is 0 Å². The zero-order chi connectivity index (χ0) is 15.9. The average Bonchev–Trinajstić information content (AvgIpc) is 2.50. The summed E-state index contributed by atoms with van der Waals surface area (Å²) < 4.78 is 11.1. The number of carbonyl (C=O) groups is 1. The summed E-state index contributed by atoms with van der Waals surface area (Å²) in [5, 5.41) is 0. The van der Waals surface area contributed by atoms with Gasteiger partial charge in [0, 0.05) is 13.1 Å². The van der Waals surface area contributed by atoms with Gasteiger partial charge in [-0.3, -0.25) is 4.79 Å². The molecule has 0 radical (unpaired) electrons. The van der Waals surface area contributed by atoms with Crippen molar-refractivity contribution < 1.29 is 14.3 Å². The molecule has 2 atom stereocenters. The highest BCUT2D eigenvalue weighted by Crippen LogP contribution is 2.21. The lowest BCUT2D eigenvalue weighted by Gasteiger charge is -2.34. The fourth-order valence-corrected chi connectivity index (χ4v) is 2.95. The standard InChI is InChI=1S/C18H27NO3/c1-4-9-21-16-5-7-17(8-6-16)22-13-18(20)19-11-14(2)10-15(3)12-19/h5-8,14-15H,4,9-13H2,1-3H3. The zero-order valence-corrected chi connectivity index (χ0v) is 13.9. The van der Waals surface area contributed by atoms with E-state index in [2.05, 4.69) is 20.8 Å². The molecule has 0 bridgehead atoms. The molecular formula is C18H27NO3. The predicted molar refractivity (Wildman–Crippen MR) is 87.2 cm³/mol. The molecule has 0 N–H and O–H groups in total. The van der Waals surface area contributed by atoms with Crippen molar-refractivity contribution in [2.24, 2.45) is 11.8 Å². The summed E-state index contributed by atoms with van der Waals surface area (Å²) in [4.78, 5) is 14.2. The van der Waals surface area contributed by atoms with Crippen LogP contribution in [0.15, 0.2) is 24.3 Å². The maximum absolute atomic E-state index is 12.2. The van der Waals surface area contributed by atoms with Gasteiger partial charge in [-0.15, -0.1) is 0 Å². The molecule has 122 valence electrons. The number of carbonyl (C=O) groups excluding carboxylic acids is 1. The number of rotatable bonds is 6. The Balaban J connectivity index is 1.80. The Kier molecular flexibility index (Phi) is 6.10. The number of likely N-dealkylation sites (tertiary alicyclic amines) is 1. The van der Waals surface area contributed by atoms with Gasteiger partial charge < -0.3 is 14.4 Å². The lowest BCUT2D eigenvalue weighted by Crippen LogP contribution is -2.44. The van der Waals surface area contributed by atoms with Crippen molar-refractivity contribution in [3.05, 3.63) is 24.3 Å². The van der Waals surface area contributed by atoms with E-state index in [9.17, 15) is 4.79 Å². The minimum Gasteiger partial charge on any atom is -0.494 e. The van der Waals surface area contributed by atoms with E-state index < -0.39 is 0 Å². The van der Waals surface area contributed by atoms with Gasteiger partial charge in [0.25, 0.3) is 5.91 Å². The highest BCUT2D eigenvalue weighted by atomic mass is 16.5. The number of hydrogen-bond acceptors (Lipinski definition) is 3. The summed E-state index contributed by atoms with van der Waals surface area (Å²) in [7, 11) is 0. The Morgan fingerprint density at radius 1 is 1.09 bits per heavy atom. The third-order valence-corrected chi connectivity index (χ3v) is 3.88. The molecule has 0 saturated carbocycles. The van der Waals surface area contributed by atoms with Gasteiger partial charge >= 0.3 is 0 Å². The molecule has 2 unspecified atom stereocenters. The summed E-state index contributed by atoms with van der Waals surface area (Å²) in [6, 6.07) is 7.44. The molecule has 22 heavy (non-hydrogen) atoms. The summed E-state index contributed by atoms with van der Waals surface area (Å²) in [5.41, 5.74) is 0. The Morgan fingerprint density at radius 2 is 1.64 bits per heavy atom. The van der Waals surface area contributed by atoms with E-state index >= 15 is 0 Å². The SMILES string of the molecule is CCCOc1ccc(OCC(=O)N2CC(C)CC(C)C2)cc1. The second-order valence-electron chi connectivity index (χ2n) is 6.35. The molecule has 1 saturated heterocycles. The normalized spacial score (nSPS) is 21.5. The van der Waals surface area contributed by atoms with Crippen LogP contribution in [0.5, 0.6) is 11.5 Å². The van der Waals surface area contributed by atoms with Gasteiger partial charge in [0.2, 0.25) is 0 Å². The lowest BCUT2D eigenvalue weighted by atomic mass is 9.92. The van der Waals surface area contributed by atoms with Gasteiger partial charge in [-0.05, 0) is 48.9 Å². The topological polar surface area (TPSA) is 38.8 Å². The summed E-state index contributed by atoms with van der Waals surface area (Å²) in [6.45, 7) is 8.98. The fourth-order valence-electron chi connectivity index (χ4n) is 2.95. The van der Waals surface area contributed by atoms with Crippen LogP contribution >= 0.6 is 0 Å². The molecule has 4 nitrogen and oxygen atoms in total. The average molecular weight is 305 g/mol. The molecule has 1 aromatic carbocycles. The van der Waals surface area contributed by atoms with E-state index in [1.165, 1.54) is 6.42 Å². The molecule has 1 aliphatic rings. The third kappa shape index (κ3) is 4.93. The number of benzene rings is 1. The smallest absolute Gasteiger partial charge is 0.260 e. The van der Waals surface area contributed by atoms with Crippen molar-refractivity contribution in [1.29, 1.82) is 0 Å². The van der Waals surface area contributed by atoms with Crippen molar-refractivity contribution in [3.8, 4) is 11.5 Å². The van der Waals surface area contributed by atoms with Crippen LogP contribution in [0.25, 0.3) is 0 Å². The number of ether oxygens (including phenoxy) is 2. The second-order valence-corrected chi connectivity index (χ2v) is 6.35. The monoisotopic (exact) mass is 305 g/mol. The van der Waals surface area contributed by atoms with Gasteiger partial charge in [-0.25, -0.2) is 0 Å². The van der Waals surface area contributed by atoms with E-state index in [0.717, 1.165) is 25.3 Å². The molecule has 0 aliphatic carbocycles. The van der Waals surface area contributed by atoms with Crippen LogP contribution in [-0.2, 0) is 4.79 Å². The van der Waals surface area contributed by atoms with Gasteiger partial charge in [0.1, 0.15) is 11.5 Å². The van der Waals surface area contributed by atoms with Crippen LogP contribution in [0.1, 0.15) is 33.6 Å². The quantitative estimate of drug-likeness (QED) is 0.809. The maximum atomic E-state index is 12.2. The molecular weight excluding hydrogens is 278 g/mol. The van der Waals surface area contributed by atoms with Crippen molar-refractivity contribution in [1.82, 2.24) is 4.90 Å². The van der Waals surface area contributed by atoms with E-state index in [0.29, 0.717) is 24.2 Å². The first-order valence-corrected chi connectivity index (χ1v) is 8.22. The number of amides is 1. The predicted octanol–water partition coefficient (Wildman–Crippen LogP) is 3.36. The largest absolute Gasteiger partial charge is 0.494 e. The highest BCUT2D eigenvalue weighted by molar-refractivity contribution is 5.77. The molecule has 1 fully saturated rings. The summed E-state index contributed by atoms with van der Waals surface area (Å²) in [6.07, 6.45) is 2.18. The fraction of sp³-hybridized carbons (Fsp3) is 0.611. The van der Waals surface area contributed by atoms with E-state index in [1.807, 2.05) is 29.2 Å². The first-order chi connectivity index (χ1) is 10.6. The first kappa shape index (κ1) is 16.7. The molecule has 1 aromatic rings. The number of nitrogens with zero attached hydrogens (tertiary/aromatic N) is 1. The van der Waals surface area contributed by atoms with E-state index in [1.54, 1.807) is 0 Å². The Labute approximate surface area is 133 Å². The van der Waals surface area contributed by atoms with Gasteiger partial charge in [-0.1, -0.05) is 20.8 Å². The van der Waals surface area contributed by atoms with Crippen molar-refractivity contribution in [2.75, 3.05) is 26.3 Å². The Bertz CT molecular complexity index is 462. The minimum absolute atomic E-state index is 0.0738. The van der Waals surface area contributed by atoms with Crippen molar-refractivity contribution >= 4 is 5.91 Å². The number of hydrogen-bond donors (Lipinski definition) is 0. The van der Waals surface area contributed by atoms with Gasteiger partial charge in [0.15, 0.2) is 6.61 Å². The molecule has 4 heteroatoms. The minimum atomic E-state index is 0.0738. The van der Waals surface area contributed by atoms with Crippen LogP contribution in [0.2, 0.25) is 0 Å². The van der Waals surface area contributed by atoms with Crippen LogP contribution in [0.4, 0.5) is 0 Å². The Morgan fingerprint density at radius 3 is 2.18 bits per heavy atom. The molecule has 1 amide bonds. The molecule has 1 heterocycles. The van der Waals surface area contributed by atoms with E-state index in [4.69, 9.17) is 9.47 Å². The third-order valence-electron chi connectivity index (χ3n) is 3.88. The Hall–Kier alpha value is -1.71. The first-order valence-electron chi connectivity index (χ1n) is 8.22. The summed E-state index contributed by atoms with van der Waals surface area (Å²) in [5.74, 6) is 2.75. The van der Waals surface area contributed by atoms with Crippen LogP contribution in [0.3, 0.4) is 0 Å². The molecule has 2 rings (SSSR count). The molecule has 0 aromatic heterocycles. The number of piperidine rings is 1. The second kappa shape index (κ2) is 8.06. The summed E-state index contributed by atoms with van der Waals surface area (Å²) >= 11 is 0. The van der Waals surface area contributed by atoms with E-state index in [-0.39, 0.29) is 12.5 Å². The van der Waals surface area contributed by atoms with Crippen LogP contribution in [-0.4, -0.2) is 37.1 Å². The molecule has 0 spiro atoms. The lowest BCUT2D eigenvalue weighted by molar-refractivity contribution is -0.136. The van der Waals surface area contributed by atoms with Crippen molar-refractivity contribution in [2.45, 2.75) is 33.6 Å².